The number of aromatic nitrogens is 1. The van der Waals surface area contributed by atoms with Crippen molar-refractivity contribution in [1.29, 1.82) is 0 Å². The fourth-order valence-electron chi connectivity index (χ4n) is 2.87. The van der Waals surface area contributed by atoms with Crippen LogP contribution in [0.5, 0.6) is 0 Å². The Labute approximate surface area is 154 Å². The molecule has 0 aliphatic carbocycles. The molecule has 1 aromatic heterocycles. The van der Waals surface area contributed by atoms with Crippen LogP contribution < -0.4 is 5.32 Å². The maximum atomic E-state index is 13.3. The Kier molecular flexibility index (Phi) is 5.63. The minimum Gasteiger partial charge on any atom is -0.481 e. The van der Waals surface area contributed by atoms with Gasteiger partial charge in [0.15, 0.2) is 0 Å². The molecule has 0 spiro atoms. The Morgan fingerprint density at radius 3 is 2.81 bits per heavy atom. The summed E-state index contributed by atoms with van der Waals surface area (Å²) in [6.45, 7) is 0.835. The third-order valence-corrected chi connectivity index (χ3v) is 5.43. The zero-order chi connectivity index (χ0) is 18.6. The van der Waals surface area contributed by atoms with Crippen LogP contribution in [0.4, 0.5) is 4.39 Å². The molecule has 0 radical (unpaired) electrons. The number of aliphatic carboxylic acids is 1. The lowest BCUT2D eigenvalue weighted by Crippen LogP contribution is -2.46. The van der Waals surface area contributed by atoms with Crippen LogP contribution in [0.15, 0.2) is 29.6 Å². The van der Waals surface area contributed by atoms with E-state index in [4.69, 9.17) is 4.74 Å². The van der Waals surface area contributed by atoms with Gasteiger partial charge in [-0.3, -0.25) is 9.59 Å². The molecule has 3 rings (SSSR count). The summed E-state index contributed by atoms with van der Waals surface area (Å²) in [7, 11) is 0. The normalized spacial score (nSPS) is 16.2. The number of carboxylic acids is 1. The summed E-state index contributed by atoms with van der Waals surface area (Å²) in [5.74, 6) is -1.54. The number of nitrogens with one attached hydrogen (secondary N) is 1. The predicted octanol–water partition coefficient (Wildman–Crippen LogP) is 2.49. The summed E-state index contributed by atoms with van der Waals surface area (Å²) in [5, 5.41) is 14.6. The molecule has 6 nitrogen and oxygen atoms in total. The smallest absolute Gasteiger partial charge is 0.311 e. The third-order valence-electron chi connectivity index (χ3n) is 4.49. The van der Waals surface area contributed by atoms with Gasteiger partial charge in [-0.15, -0.1) is 11.3 Å². The number of benzene rings is 1. The summed E-state index contributed by atoms with van der Waals surface area (Å²) in [4.78, 5) is 28.1. The number of halogens is 1. The number of hydrogen-bond donors (Lipinski definition) is 2. The molecule has 1 aliphatic rings. The fourth-order valence-corrected chi connectivity index (χ4v) is 3.68. The standard InChI is InChI=1S/C18H19FN2O4S/c19-13-3-1-2-12(8-13)16-21-14(10-26-16)9-15(22)20-11-18(17(23)24)4-6-25-7-5-18/h1-3,8,10H,4-7,9,11H2,(H,20,22)(H,23,24). The monoisotopic (exact) mass is 378 g/mol. The third kappa shape index (κ3) is 4.25. The van der Waals surface area contributed by atoms with E-state index < -0.39 is 11.4 Å². The van der Waals surface area contributed by atoms with E-state index in [9.17, 15) is 19.1 Å². The van der Waals surface area contributed by atoms with Gasteiger partial charge in [0.2, 0.25) is 5.91 Å². The molecule has 2 heterocycles. The summed E-state index contributed by atoms with van der Waals surface area (Å²) in [6, 6.07) is 6.12. The van der Waals surface area contributed by atoms with Crippen molar-refractivity contribution >= 4 is 23.2 Å². The van der Waals surface area contributed by atoms with E-state index in [0.717, 1.165) is 0 Å². The fraction of sp³-hybridized carbons (Fsp3) is 0.389. The number of ether oxygens (including phenoxy) is 1. The number of amides is 1. The van der Waals surface area contributed by atoms with Crippen LogP contribution in [0.3, 0.4) is 0 Å². The molecule has 1 amide bonds. The van der Waals surface area contributed by atoms with E-state index in [1.54, 1.807) is 17.5 Å². The first-order chi connectivity index (χ1) is 12.5. The average molecular weight is 378 g/mol. The largest absolute Gasteiger partial charge is 0.481 e. The highest BCUT2D eigenvalue weighted by molar-refractivity contribution is 7.13. The number of carbonyl (C=O) groups excluding carboxylic acids is 1. The Morgan fingerprint density at radius 1 is 1.35 bits per heavy atom. The first-order valence-corrected chi connectivity index (χ1v) is 9.15. The minimum atomic E-state index is -0.970. The van der Waals surface area contributed by atoms with Crippen LogP contribution in [0.1, 0.15) is 18.5 Å². The molecule has 0 unspecified atom stereocenters. The van der Waals surface area contributed by atoms with Gasteiger partial charge in [-0.05, 0) is 25.0 Å². The van der Waals surface area contributed by atoms with Gasteiger partial charge in [-0.25, -0.2) is 9.37 Å². The summed E-state index contributed by atoms with van der Waals surface area (Å²) in [5.41, 5.74) is 0.264. The zero-order valence-corrected chi connectivity index (χ0v) is 14.9. The topological polar surface area (TPSA) is 88.5 Å². The summed E-state index contributed by atoms with van der Waals surface area (Å²) in [6.07, 6.45) is 0.810. The van der Waals surface area contributed by atoms with Crippen LogP contribution in [-0.2, 0) is 20.7 Å². The van der Waals surface area contributed by atoms with Crippen molar-refractivity contribution in [2.24, 2.45) is 5.41 Å². The molecule has 1 fully saturated rings. The van der Waals surface area contributed by atoms with Crippen LogP contribution in [0.2, 0.25) is 0 Å². The molecule has 138 valence electrons. The van der Waals surface area contributed by atoms with Gasteiger partial charge >= 0.3 is 5.97 Å². The number of hydrogen-bond acceptors (Lipinski definition) is 5. The van der Waals surface area contributed by atoms with E-state index in [0.29, 0.717) is 42.3 Å². The lowest BCUT2D eigenvalue weighted by molar-refractivity contribution is -0.154. The van der Waals surface area contributed by atoms with E-state index in [2.05, 4.69) is 10.3 Å². The van der Waals surface area contributed by atoms with Crippen molar-refractivity contribution < 1.29 is 23.8 Å². The van der Waals surface area contributed by atoms with Crippen molar-refractivity contribution in [1.82, 2.24) is 10.3 Å². The van der Waals surface area contributed by atoms with Gasteiger partial charge in [0.05, 0.1) is 17.5 Å². The van der Waals surface area contributed by atoms with Gasteiger partial charge in [0, 0.05) is 30.7 Å². The van der Waals surface area contributed by atoms with Gasteiger partial charge in [0.25, 0.3) is 0 Å². The number of rotatable bonds is 6. The molecule has 8 heteroatoms. The first kappa shape index (κ1) is 18.5. The Hall–Kier alpha value is -2.32. The summed E-state index contributed by atoms with van der Waals surface area (Å²) < 4.78 is 18.5. The lowest BCUT2D eigenvalue weighted by atomic mass is 9.80. The van der Waals surface area contributed by atoms with Crippen molar-refractivity contribution in [2.45, 2.75) is 19.3 Å². The predicted molar refractivity (Wildman–Crippen MR) is 94.3 cm³/mol. The van der Waals surface area contributed by atoms with E-state index in [-0.39, 0.29) is 24.7 Å². The molecule has 0 atom stereocenters. The molecule has 0 saturated carbocycles. The molecule has 26 heavy (non-hydrogen) atoms. The molecule has 2 aromatic rings. The molecule has 0 bridgehead atoms. The first-order valence-electron chi connectivity index (χ1n) is 8.27. The van der Waals surface area contributed by atoms with Crippen LogP contribution in [0, 0.1) is 11.2 Å². The molecular weight excluding hydrogens is 359 g/mol. The zero-order valence-electron chi connectivity index (χ0n) is 14.0. The van der Waals surface area contributed by atoms with Crippen molar-refractivity contribution in [3.05, 3.63) is 41.2 Å². The molecular formula is C18H19FN2O4S. The number of thiazole rings is 1. The van der Waals surface area contributed by atoms with Gasteiger partial charge in [0.1, 0.15) is 10.8 Å². The number of carbonyl (C=O) groups is 2. The lowest BCUT2D eigenvalue weighted by Gasteiger charge is -2.33. The van der Waals surface area contributed by atoms with Crippen molar-refractivity contribution in [3.8, 4) is 10.6 Å². The van der Waals surface area contributed by atoms with Gasteiger partial charge in [-0.1, -0.05) is 12.1 Å². The molecule has 1 saturated heterocycles. The molecule has 1 aliphatic heterocycles. The quantitative estimate of drug-likeness (QED) is 0.806. The molecule has 2 N–H and O–H groups in total. The average Bonchev–Trinajstić information content (AvgIpc) is 3.09. The second-order valence-corrected chi connectivity index (χ2v) is 7.16. The number of carboxylic acid groups (broad SMARTS) is 1. The van der Waals surface area contributed by atoms with E-state index >= 15 is 0 Å². The van der Waals surface area contributed by atoms with Crippen LogP contribution in [-0.4, -0.2) is 41.7 Å². The SMILES string of the molecule is O=C(Cc1csc(-c2cccc(F)c2)n1)NCC1(C(=O)O)CCOCC1. The second-order valence-electron chi connectivity index (χ2n) is 6.31. The van der Waals surface area contributed by atoms with E-state index in [1.165, 1.54) is 23.5 Å². The minimum absolute atomic E-state index is 0.0536. The van der Waals surface area contributed by atoms with Gasteiger partial charge in [-0.2, -0.15) is 0 Å². The van der Waals surface area contributed by atoms with E-state index in [1.807, 2.05) is 0 Å². The van der Waals surface area contributed by atoms with Crippen molar-refractivity contribution in [3.63, 3.8) is 0 Å². The van der Waals surface area contributed by atoms with Gasteiger partial charge < -0.3 is 15.2 Å². The maximum absolute atomic E-state index is 13.3. The Balaban J connectivity index is 1.59. The highest BCUT2D eigenvalue weighted by atomic mass is 32.1. The summed E-state index contributed by atoms with van der Waals surface area (Å²) >= 11 is 1.34. The Bertz CT molecular complexity index is 802. The van der Waals surface area contributed by atoms with Crippen LogP contribution in [0.25, 0.3) is 10.6 Å². The highest BCUT2D eigenvalue weighted by Gasteiger charge is 2.40. The Morgan fingerprint density at radius 2 is 2.12 bits per heavy atom. The highest BCUT2D eigenvalue weighted by Crippen LogP contribution is 2.30. The maximum Gasteiger partial charge on any atom is 0.311 e. The van der Waals surface area contributed by atoms with Crippen LogP contribution >= 0.6 is 11.3 Å². The van der Waals surface area contributed by atoms with Crippen molar-refractivity contribution in [2.75, 3.05) is 19.8 Å². The number of nitrogens with zero attached hydrogens (tertiary/aromatic N) is 1. The second kappa shape index (κ2) is 7.92. The molecule has 1 aromatic carbocycles.